The summed E-state index contributed by atoms with van der Waals surface area (Å²) < 4.78 is 31.7. The molecule has 3 aromatic rings. The quantitative estimate of drug-likeness (QED) is 0.188. The van der Waals surface area contributed by atoms with Crippen molar-refractivity contribution in [2.45, 2.75) is 51.3 Å². The Morgan fingerprint density at radius 1 is 1.00 bits per heavy atom. The number of rotatable bonds is 13. The first-order valence-corrected chi connectivity index (χ1v) is 13.0. The Labute approximate surface area is 209 Å². The van der Waals surface area contributed by atoms with E-state index in [0.29, 0.717) is 29.4 Å². The topological polar surface area (TPSA) is 44.8 Å². The summed E-state index contributed by atoms with van der Waals surface area (Å²) in [6.07, 6.45) is 4.45. The molecule has 0 amide bonds. The highest BCUT2D eigenvalue weighted by atomic mass is 31.1. The highest BCUT2D eigenvalue weighted by Crippen LogP contribution is 2.54. The van der Waals surface area contributed by atoms with Gasteiger partial charge in [0.25, 0.3) is 0 Å². The number of carbonyl (C=O) groups excluding carboxylic acids is 1. The fourth-order valence-electron chi connectivity index (χ4n) is 4.28. The van der Waals surface area contributed by atoms with Crippen molar-refractivity contribution >= 4 is 20.2 Å². The molecule has 2 unspecified atom stereocenters. The number of halogens is 1. The largest absolute Gasteiger partial charge is 0.497 e. The number of benzene rings is 3. The van der Waals surface area contributed by atoms with Gasteiger partial charge in [0.1, 0.15) is 18.2 Å². The summed E-state index contributed by atoms with van der Waals surface area (Å²) in [5.41, 5.74) is 2.43. The molecule has 35 heavy (non-hydrogen) atoms. The Morgan fingerprint density at radius 2 is 1.77 bits per heavy atom. The molecular formula is C29H34FO4P. The predicted molar refractivity (Wildman–Crippen MR) is 142 cm³/mol. The van der Waals surface area contributed by atoms with Crippen molar-refractivity contribution in [2.75, 3.05) is 14.2 Å². The van der Waals surface area contributed by atoms with Crippen LogP contribution in [0.25, 0.3) is 0 Å². The molecule has 0 fully saturated rings. The number of aldehydes is 1. The number of methoxy groups -OCH3 is 2. The van der Waals surface area contributed by atoms with E-state index in [9.17, 15) is 9.18 Å². The third-order valence-corrected chi connectivity index (χ3v) is 8.38. The highest BCUT2D eigenvalue weighted by molar-refractivity contribution is 7.48. The van der Waals surface area contributed by atoms with Gasteiger partial charge in [0.05, 0.1) is 14.2 Å². The second-order valence-corrected chi connectivity index (χ2v) is 10.2. The summed E-state index contributed by atoms with van der Waals surface area (Å²) in [5.74, 6) is 1.55. The zero-order valence-corrected chi connectivity index (χ0v) is 21.9. The lowest BCUT2D eigenvalue weighted by Crippen LogP contribution is -2.25. The average molecular weight is 497 g/mol. The van der Waals surface area contributed by atoms with Crippen LogP contribution in [0, 0.1) is 5.82 Å². The molecular weight excluding hydrogens is 462 g/mol. The number of hydrogen-bond donors (Lipinski definition) is 0. The van der Waals surface area contributed by atoms with E-state index >= 15 is 0 Å². The minimum absolute atomic E-state index is 0.229. The molecule has 0 aliphatic carbocycles. The van der Waals surface area contributed by atoms with Gasteiger partial charge in [-0.1, -0.05) is 71.7 Å². The summed E-state index contributed by atoms with van der Waals surface area (Å²) in [6.45, 7) is 4.71. The molecule has 0 aromatic heterocycles. The zero-order valence-electron chi connectivity index (χ0n) is 20.9. The van der Waals surface area contributed by atoms with Gasteiger partial charge < -0.3 is 14.2 Å². The molecule has 0 bridgehead atoms. The molecule has 186 valence electrons. The summed E-state index contributed by atoms with van der Waals surface area (Å²) in [7, 11) is 3.49. The summed E-state index contributed by atoms with van der Waals surface area (Å²) >= 11 is 0. The van der Waals surface area contributed by atoms with Crippen LogP contribution in [0.5, 0.6) is 17.2 Å². The zero-order chi connectivity index (χ0) is 25.3. The van der Waals surface area contributed by atoms with Crippen LogP contribution in [0.15, 0.2) is 60.7 Å². The Hall–Kier alpha value is -2.91. The van der Waals surface area contributed by atoms with Gasteiger partial charge in [-0.05, 0) is 41.9 Å². The van der Waals surface area contributed by atoms with Crippen molar-refractivity contribution in [3.63, 3.8) is 0 Å². The van der Waals surface area contributed by atoms with Crippen LogP contribution in [0.4, 0.5) is 4.39 Å². The van der Waals surface area contributed by atoms with E-state index in [2.05, 4.69) is 13.8 Å². The molecule has 3 rings (SSSR count). The lowest BCUT2D eigenvalue weighted by atomic mass is 9.88. The van der Waals surface area contributed by atoms with Crippen LogP contribution in [-0.4, -0.2) is 20.5 Å². The van der Waals surface area contributed by atoms with E-state index in [0.717, 1.165) is 48.4 Å². The molecule has 0 radical (unpaired) electrons. The number of unbranched alkanes of at least 4 members (excludes halogenated alkanes) is 1. The second kappa shape index (κ2) is 12.7. The van der Waals surface area contributed by atoms with Crippen LogP contribution < -0.4 is 19.5 Å². The third-order valence-electron chi connectivity index (χ3n) is 6.30. The first kappa shape index (κ1) is 26.7. The second-order valence-electron chi connectivity index (χ2n) is 8.49. The molecule has 3 aromatic carbocycles. The Balaban J connectivity index is 2.17. The van der Waals surface area contributed by atoms with E-state index in [-0.39, 0.29) is 13.7 Å². The summed E-state index contributed by atoms with van der Waals surface area (Å²) in [4.78, 5) is 11.8. The van der Waals surface area contributed by atoms with Gasteiger partial charge in [0, 0.05) is 22.3 Å². The van der Waals surface area contributed by atoms with Crippen LogP contribution >= 0.6 is 8.58 Å². The molecule has 4 nitrogen and oxygen atoms in total. The molecule has 0 spiro atoms. The van der Waals surface area contributed by atoms with Crippen molar-refractivity contribution in [3.05, 3.63) is 83.2 Å². The van der Waals surface area contributed by atoms with Crippen molar-refractivity contribution in [1.29, 1.82) is 0 Å². The first-order chi connectivity index (χ1) is 17.0. The van der Waals surface area contributed by atoms with Crippen molar-refractivity contribution in [1.82, 2.24) is 0 Å². The maximum absolute atomic E-state index is 13.9. The highest BCUT2D eigenvalue weighted by Gasteiger charge is 2.36. The molecule has 0 aliphatic rings. The fraction of sp³-hybridized carbons (Fsp3) is 0.345. The Morgan fingerprint density at radius 3 is 2.40 bits per heavy atom. The Kier molecular flexibility index (Phi) is 9.68. The predicted octanol–water partition coefficient (Wildman–Crippen LogP) is 7.03. The summed E-state index contributed by atoms with van der Waals surface area (Å²) in [5, 5.41) is 0.495. The van der Waals surface area contributed by atoms with E-state index in [1.54, 1.807) is 20.3 Å². The average Bonchev–Trinajstić information content (AvgIpc) is 2.90. The normalized spacial score (nSPS) is 12.9. The lowest BCUT2D eigenvalue weighted by Gasteiger charge is -2.36. The first-order valence-electron chi connectivity index (χ1n) is 12.0. The Bertz CT molecular complexity index is 1120. The molecule has 0 saturated carbocycles. The van der Waals surface area contributed by atoms with Gasteiger partial charge in [0.2, 0.25) is 0 Å². The van der Waals surface area contributed by atoms with Crippen LogP contribution in [0.3, 0.4) is 0 Å². The molecule has 0 saturated heterocycles. The maximum Gasteiger partial charge on any atom is 0.166 e. The van der Waals surface area contributed by atoms with E-state index in [4.69, 9.17) is 14.2 Å². The van der Waals surface area contributed by atoms with Crippen molar-refractivity contribution in [3.8, 4) is 17.2 Å². The van der Waals surface area contributed by atoms with E-state index in [1.807, 2.05) is 42.5 Å². The van der Waals surface area contributed by atoms with Gasteiger partial charge >= 0.3 is 0 Å². The smallest absolute Gasteiger partial charge is 0.166 e. The SMILES string of the molecule is CCCCC(CC)(Pc1ccc(F)cc1C=O)c1cc(OC)cc(OC)c1OCc1ccccc1. The van der Waals surface area contributed by atoms with E-state index in [1.165, 1.54) is 12.1 Å². The molecule has 6 heteroatoms. The van der Waals surface area contributed by atoms with Crippen LogP contribution in [-0.2, 0) is 11.8 Å². The van der Waals surface area contributed by atoms with Crippen LogP contribution in [0.2, 0.25) is 0 Å². The standard InChI is InChI=1S/C29H34FO4P/c1-5-7-15-29(6-2,35-27-14-13-23(30)16-22(27)19-31)25-17-24(32-3)18-26(33-4)28(25)34-20-21-11-9-8-10-12-21/h8-14,16-19,35H,5-7,15,20H2,1-4H3. The van der Waals surface area contributed by atoms with Gasteiger partial charge in [0.15, 0.2) is 17.8 Å². The molecule has 0 heterocycles. The molecule has 2 atom stereocenters. The van der Waals surface area contributed by atoms with Gasteiger partial charge in [-0.15, -0.1) is 0 Å². The minimum atomic E-state index is -0.411. The molecule has 0 aliphatic heterocycles. The van der Waals surface area contributed by atoms with Gasteiger partial charge in [-0.3, -0.25) is 4.79 Å². The number of carbonyl (C=O) groups is 1. The monoisotopic (exact) mass is 496 g/mol. The van der Waals surface area contributed by atoms with Crippen molar-refractivity contribution in [2.24, 2.45) is 0 Å². The number of ether oxygens (including phenoxy) is 3. The van der Waals surface area contributed by atoms with Gasteiger partial charge in [-0.25, -0.2) is 4.39 Å². The van der Waals surface area contributed by atoms with Crippen LogP contribution in [0.1, 0.15) is 61.0 Å². The summed E-state index contributed by atoms with van der Waals surface area (Å²) in [6, 6.07) is 18.3. The van der Waals surface area contributed by atoms with E-state index < -0.39 is 5.82 Å². The molecule has 0 N–H and O–H groups in total. The minimum Gasteiger partial charge on any atom is -0.497 e. The third kappa shape index (κ3) is 6.41. The lowest BCUT2D eigenvalue weighted by molar-refractivity contribution is 0.112. The number of hydrogen-bond acceptors (Lipinski definition) is 4. The maximum atomic E-state index is 13.9. The van der Waals surface area contributed by atoms with Crippen molar-refractivity contribution < 1.29 is 23.4 Å². The van der Waals surface area contributed by atoms with Gasteiger partial charge in [-0.2, -0.15) is 0 Å². The fourth-order valence-corrected chi connectivity index (χ4v) is 6.04.